The normalized spacial score (nSPS) is 15.5. The average Bonchev–Trinajstić information content (AvgIpc) is 3.14. The lowest BCUT2D eigenvalue weighted by atomic mass is 10.1. The van der Waals surface area contributed by atoms with Gasteiger partial charge in [-0.05, 0) is 30.3 Å². The molecule has 0 atom stereocenters. The molecule has 0 amide bonds. The maximum absolute atomic E-state index is 12.5. The predicted octanol–water partition coefficient (Wildman–Crippen LogP) is 4.05. The van der Waals surface area contributed by atoms with E-state index in [0.717, 1.165) is 49.4 Å². The van der Waals surface area contributed by atoms with Crippen molar-refractivity contribution in [1.82, 2.24) is 14.5 Å². The molecule has 0 unspecified atom stereocenters. The van der Waals surface area contributed by atoms with Crippen LogP contribution in [0.25, 0.3) is 16.6 Å². The van der Waals surface area contributed by atoms with Crippen LogP contribution in [-0.2, 0) is 0 Å². The molecule has 26 heavy (non-hydrogen) atoms. The Morgan fingerprint density at radius 2 is 1.85 bits per heavy atom. The number of fused-ring (bicyclic) bond motifs is 1. The van der Waals surface area contributed by atoms with E-state index in [1.165, 1.54) is 5.69 Å². The van der Waals surface area contributed by atoms with Crippen LogP contribution in [0.2, 0.25) is 0 Å². The van der Waals surface area contributed by atoms with Crippen LogP contribution in [0, 0.1) is 0 Å². The zero-order chi connectivity index (χ0) is 17.9. The van der Waals surface area contributed by atoms with Gasteiger partial charge in [0.2, 0.25) is 0 Å². The molecule has 4 rings (SSSR count). The Labute approximate surface area is 156 Å². The van der Waals surface area contributed by atoms with Crippen molar-refractivity contribution in [3.05, 3.63) is 48.8 Å². The molecule has 1 aliphatic heterocycles. The van der Waals surface area contributed by atoms with Crippen molar-refractivity contribution in [3.63, 3.8) is 0 Å². The Morgan fingerprint density at radius 3 is 2.54 bits per heavy atom. The smallest absolute Gasteiger partial charge is 0.272 e. The second-order valence-electron chi connectivity index (χ2n) is 6.37. The third kappa shape index (κ3) is 3.37. The monoisotopic (exact) mass is 372 g/mol. The molecular weight excluding hydrogens is 351 g/mol. The Kier molecular flexibility index (Phi) is 4.99. The van der Waals surface area contributed by atoms with Gasteiger partial charge in [-0.1, -0.05) is 19.1 Å². The molecule has 1 aromatic carbocycles. The Balaban J connectivity index is 1.55. The van der Waals surface area contributed by atoms with Gasteiger partial charge in [0, 0.05) is 49.7 Å². The molecule has 1 fully saturated rings. The van der Waals surface area contributed by atoms with E-state index in [-0.39, 0.29) is 12.4 Å². The first-order chi connectivity index (χ1) is 12.8. The number of likely N-dealkylation sites (N-methyl/N-ethyl adjacent to an activating group) is 1. The predicted molar refractivity (Wildman–Crippen MR) is 104 cm³/mol. The summed E-state index contributed by atoms with van der Waals surface area (Å²) in [6, 6.07) is 12.2. The van der Waals surface area contributed by atoms with E-state index >= 15 is 0 Å². The van der Waals surface area contributed by atoms with E-state index in [4.69, 9.17) is 4.18 Å². The Morgan fingerprint density at radius 1 is 1.08 bits per heavy atom. The second-order valence-corrected chi connectivity index (χ2v) is 6.66. The van der Waals surface area contributed by atoms with Crippen molar-refractivity contribution in [2.45, 2.75) is 6.92 Å². The maximum Gasteiger partial charge on any atom is 0.272 e. The molecule has 7 heteroatoms. The largest absolute Gasteiger partial charge is 0.395 e. The molecule has 0 N–H and O–H groups in total. The number of hydrogen-bond donors (Lipinski definition) is 0. The highest BCUT2D eigenvalue weighted by atomic mass is 32.2. The molecule has 136 valence electrons. The number of anilines is 1. The highest BCUT2D eigenvalue weighted by molar-refractivity contribution is 7.89. The van der Waals surface area contributed by atoms with Gasteiger partial charge in [0.25, 0.3) is 12.4 Å². The summed E-state index contributed by atoms with van der Waals surface area (Å²) in [5.74, 6) is 0.462. The summed E-state index contributed by atoms with van der Waals surface area (Å²) in [5.41, 5.74) is 4.13. The lowest BCUT2D eigenvalue weighted by Gasteiger charge is -2.35. The average molecular weight is 372 g/mol. The summed E-state index contributed by atoms with van der Waals surface area (Å²) in [6.07, 6.45) is 3.53. The number of halogens is 1. The zero-order valence-corrected chi connectivity index (χ0v) is 15.5. The van der Waals surface area contributed by atoms with Gasteiger partial charge in [-0.3, -0.25) is 0 Å². The fourth-order valence-electron chi connectivity index (χ4n) is 3.44. The van der Waals surface area contributed by atoms with Crippen molar-refractivity contribution in [3.8, 4) is 16.9 Å². The molecule has 1 saturated heterocycles. The van der Waals surface area contributed by atoms with E-state index in [0.29, 0.717) is 5.75 Å². The van der Waals surface area contributed by atoms with Crippen LogP contribution in [-0.4, -0.2) is 47.2 Å². The molecule has 0 aliphatic carbocycles. The number of hydrogen-bond acceptors (Lipinski definition) is 5. The van der Waals surface area contributed by atoms with Crippen LogP contribution < -0.4 is 9.08 Å². The van der Waals surface area contributed by atoms with Crippen LogP contribution in [0.15, 0.2) is 48.8 Å². The highest BCUT2D eigenvalue weighted by Gasteiger charge is 2.16. The fourth-order valence-corrected chi connectivity index (χ4v) is 3.65. The molecule has 3 heterocycles. The second kappa shape index (κ2) is 7.55. The molecule has 0 saturated carbocycles. The first-order valence-electron chi connectivity index (χ1n) is 8.79. The lowest BCUT2D eigenvalue weighted by Crippen LogP contribution is -2.46. The molecular formula is C19H21FN4OS. The van der Waals surface area contributed by atoms with Gasteiger partial charge in [0.15, 0.2) is 5.75 Å². The number of rotatable bonds is 5. The quantitative estimate of drug-likeness (QED) is 0.631. The third-order valence-electron chi connectivity index (χ3n) is 4.98. The van der Waals surface area contributed by atoms with Crippen LogP contribution in [0.5, 0.6) is 5.75 Å². The topological polar surface area (TPSA) is 33.0 Å². The number of piperazine rings is 1. The van der Waals surface area contributed by atoms with Crippen LogP contribution in [0.3, 0.4) is 0 Å². The summed E-state index contributed by atoms with van der Waals surface area (Å²) in [6.45, 7) is 7.69. The fraction of sp³-hybridized carbons (Fsp3) is 0.316. The molecule has 0 spiro atoms. The zero-order valence-electron chi connectivity index (χ0n) is 14.6. The molecule has 3 aromatic rings. The molecule has 0 radical (unpaired) electrons. The van der Waals surface area contributed by atoms with Gasteiger partial charge in [-0.25, -0.2) is 4.52 Å². The SMILES string of the molecule is CCN1CCN(c2ccc(-c3cc4c(OSF)ccnn4c3)cc2)CC1. The lowest BCUT2D eigenvalue weighted by molar-refractivity contribution is 0.271. The summed E-state index contributed by atoms with van der Waals surface area (Å²) in [7, 11) is 0. The van der Waals surface area contributed by atoms with Crippen LogP contribution >= 0.6 is 12.4 Å². The van der Waals surface area contributed by atoms with Crippen LogP contribution in [0.1, 0.15) is 6.92 Å². The van der Waals surface area contributed by atoms with E-state index < -0.39 is 0 Å². The Bertz CT molecular complexity index is 875. The van der Waals surface area contributed by atoms with Gasteiger partial charge in [0.1, 0.15) is 5.52 Å². The molecule has 0 bridgehead atoms. The van der Waals surface area contributed by atoms with E-state index in [2.05, 4.69) is 46.1 Å². The van der Waals surface area contributed by atoms with Gasteiger partial charge < -0.3 is 14.0 Å². The number of benzene rings is 1. The first-order valence-corrected chi connectivity index (χ1v) is 9.43. The summed E-state index contributed by atoms with van der Waals surface area (Å²) < 4.78 is 19.1. The minimum absolute atomic E-state index is 0.156. The van der Waals surface area contributed by atoms with E-state index in [1.807, 2.05) is 12.3 Å². The van der Waals surface area contributed by atoms with E-state index in [1.54, 1.807) is 16.8 Å². The van der Waals surface area contributed by atoms with Crippen molar-refractivity contribution < 1.29 is 8.07 Å². The Hall–Kier alpha value is -2.25. The maximum atomic E-state index is 12.5. The minimum Gasteiger partial charge on any atom is -0.395 e. The van der Waals surface area contributed by atoms with Gasteiger partial charge in [-0.2, -0.15) is 5.10 Å². The van der Waals surface area contributed by atoms with Gasteiger partial charge in [0.05, 0.1) is 6.20 Å². The molecule has 5 nitrogen and oxygen atoms in total. The first kappa shape index (κ1) is 17.2. The summed E-state index contributed by atoms with van der Waals surface area (Å²) in [4.78, 5) is 4.90. The van der Waals surface area contributed by atoms with Gasteiger partial charge >= 0.3 is 0 Å². The summed E-state index contributed by atoms with van der Waals surface area (Å²) >= 11 is -0.156. The molecule has 1 aliphatic rings. The van der Waals surface area contributed by atoms with E-state index in [9.17, 15) is 3.89 Å². The molecule has 2 aromatic heterocycles. The minimum atomic E-state index is -0.156. The van der Waals surface area contributed by atoms with Gasteiger partial charge in [-0.15, -0.1) is 3.89 Å². The van der Waals surface area contributed by atoms with Crippen molar-refractivity contribution >= 4 is 23.6 Å². The van der Waals surface area contributed by atoms with Crippen molar-refractivity contribution in [2.24, 2.45) is 0 Å². The van der Waals surface area contributed by atoms with Crippen LogP contribution in [0.4, 0.5) is 9.57 Å². The van der Waals surface area contributed by atoms with Crippen molar-refractivity contribution in [1.29, 1.82) is 0 Å². The van der Waals surface area contributed by atoms with Crippen molar-refractivity contribution in [2.75, 3.05) is 37.6 Å². The number of aromatic nitrogens is 2. The number of nitrogens with zero attached hydrogens (tertiary/aromatic N) is 4. The highest BCUT2D eigenvalue weighted by Crippen LogP contribution is 2.30. The third-order valence-corrected chi connectivity index (χ3v) is 5.22. The summed E-state index contributed by atoms with van der Waals surface area (Å²) in [5, 5.41) is 4.27. The standard InChI is InChI=1S/C19H21FN4OS/c1-2-22-9-11-23(12-10-22)17-5-3-15(4-6-17)16-13-18-19(25-26-20)7-8-21-24(18)14-16/h3-8,13-14H,2,9-12H2,1H3.